The van der Waals surface area contributed by atoms with Gasteiger partial charge in [0, 0.05) is 18.8 Å². The number of hydrogen-bond acceptors (Lipinski definition) is 6. The van der Waals surface area contributed by atoms with Crippen molar-refractivity contribution in [2.45, 2.75) is 18.5 Å². The van der Waals surface area contributed by atoms with E-state index in [0.29, 0.717) is 11.3 Å². The van der Waals surface area contributed by atoms with E-state index in [9.17, 15) is 17.6 Å². The van der Waals surface area contributed by atoms with E-state index >= 15 is 0 Å². The lowest BCUT2D eigenvalue weighted by Gasteiger charge is -2.36. The summed E-state index contributed by atoms with van der Waals surface area (Å²) in [5.74, 6) is -0.503. The van der Waals surface area contributed by atoms with E-state index in [0.717, 1.165) is 10.4 Å². The first-order valence-corrected chi connectivity index (χ1v) is 10.6. The Bertz CT molecular complexity index is 1070. The molecule has 2 atom stereocenters. The van der Waals surface area contributed by atoms with Gasteiger partial charge in [-0.05, 0) is 42.3 Å². The van der Waals surface area contributed by atoms with E-state index in [1.807, 2.05) is 0 Å². The summed E-state index contributed by atoms with van der Waals surface area (Å²) in [5.41, 5.74) is 0.988. The maximum Gasteiger partial charge on any atom is 0.373 e. The van der Waals surface area contributed by atoms with Gasteiger partial charge in [0.1, 0.15) is 17.6 Å². The summed E-state index contributed by atoms with van der Waals surface area (Å²) in [4.78, 5) is 29.0. The first-order chi connectivity index (χ1) is 14.6. The average molecular weight is 472 g/mol. The molecule has 0 aromatic heterocycles. The molecule has 0 radical (unpaired) electrons. The number of carbonyl (C=O) groups is 1. The zero-order chi connectivity index (χ0) is 23.2. The minimum Gasteiger partial charge on any atom is -0.497 e. The summed E-state index contributed by atoms with van der Waals surface area (Å²) < 4.78 is 46.9. The van der Waals surface area contributed by atoms with Crippen LogP contribution in [0.5, 0.6) is 5.75 Å². The molecule has 1 aliphatic rings. The van der Waals surface area contributed by atoms with Crippen molar-refractivity contribution in [2.24, 2.45) is 0 Å². The Morgan fingerprint density at radius 1 is 1.26 bits per heavy atom. The average Bonchev–Trinajstić information content (AvgIpc) is 2.73. The molecule has 2 aromatic carbocycles. The van der Waals surface area contributed by atoms with Crippen molar-refractivity contribution in [1.29, 1.82) is 0 Å². The second-order valence-electron chi connectivity index (χ2n) is 6.42. The van der Waals surface area contributed by atoms with Gasteiger partial charge in [0.15, 0.2) is 0 Å². The van der Waals surface area contributed by atoms with E-state index in [2.05, 4.69) is 10.0 Å². The Morgan fingerprint density at radius 3 is 2.42 bits per heavy atom. The van der Waals surface area contributed by atoms with E-state index in [1.54, 1.807) is 24.3 Å². The lowest BCUT2D eigenvalue weighted by atomic mass is 9.99. The standard InChI is InChI=1S/C18H19ClFN3O4S.CO2/c1-23-17(18(24)21-12-5-8-15(20)14(19)9-12)10-16(22-28(23,25)26)11-3-6-13(27-2)7-4-11;2-1-3/h3-9,16-17,22H,10H2,1-2H3,(H,21,24);/t16-,17+;/m0./s1. The van der Waals surface area contributed by atoms with Crippen LogP contribution in [0.25, 0.3) is 0 Å². The van der Waals surface area contributed by atoms with Crippen molar-refractivity contribution in [3.63, 3.8) is 0 Å². The normalized spacial score (nSPS) is 20.0. The zero-order valence-electron chi connectivity index (χ0n) is 16.5. The van der Waals surface area contributed by atoms with Crippen molar-refractivity contribution >= 4 is 39.6 Å². The summed E-state index contributed by atoms with van der Waals surface area (Å²) in [7, 11) is -1.01. The quantitative estimate of drug-likeness (QED) is 0.704. The first kappa shape index (κ1) is 24.4. The van der Waals surface area contributed by atoms with Crippen LogP contribution < -0.4 is 14.8 Å². The van der Waals surface area contributed by atoms with Crippen LogP contribution in [-0.2, 0) is 24.6 Å². The number of likely N-dealkylation sites (N-methyl/N-ethyl adjacent to an activating group) is 1. The number of benzene rings is 2. The first-order valence-electron chi connectivity index (χ1n) is 8.77. The summed E-state index contributed by atoms with van der Waals surface area (Å²) >= 11 is 5.73. The molecule has 3 rings (SSSR count). The molecule has 0 spiro atoms. The van der Waals surface area contributed by atoms with Crippen LogP contribution in [0.3, 0.4) is 0 Å². The topological polar surface area (TPSA) is 122 Å². The predicted molar refractivity (Wildman–Crippen MR) is 109 cm³/mol. The molecule has 166 valence electrons. The fourth-order valence-electron chi connectivity index (χ4n) is 2.96. The lowest BCUT2D eigenvalue weighted by Crippen LogP contribution is -2.55. The minimum atomic E-state index is -3.87. The molecule has 1 heterocycles. The summed E-state index contributed by atoms with van der Waals surface area (Å²) in [6.07, 6.45) is 0.461. The maximum atomic E-state index is 13.3. The number of methoxy groups -OCH3 is 1. The molecule has 0 bridgehead atoms. The van der Waals surface area contributed by atoms with Crippen molar-refractivity contribution in [3.8, 4) is 5.75 Å². The fraction of sp³-hybridized carbons (Fsp3) is 0.263. The number of amides is 1. The van der Waals surface area contributed by atoms with Crippen LogP contribution in [-0.4, -0.2) is 45.0 Å². The Balaban J connectivity index is 0.00000107. The molecule has 0 saturated carbocycles. The van der Waals surface area contributed by atoms with Gasteiger partial charge in [-0.3, -0.25) is 4.79 Å². The van der Waals surface area contributed by atoms with E-state index in [-0.39, 0.29) is 23.3 Å². The van der Waals surface area contributed by atoms with Crippen molar-refractivity contribution in [2.75, 3.05) is 19.5 Å². The second-order valence-corrected chi connectivity index (χ2v) is 8.59. The van der Waals surface area contributed by atoms with Gasteiger partial charge in [-0.25, -0.2) is 4.39 Å². The molecule has 0 unspecified atom stereocenters. The largest absolute Gasteiger partial charge is 0.497 e. The number of rotatable bonds is 4. The molecule has 12 heteroatoms. The Kier molecular flexibility index (Phi) is 8.26. The summed E-state index contributed by atoms with van der Waals surface area (Å²) in [6, 6.07) is 9.14. The Labute approximate surface area is 183 Å². The SMILES string of the molecule is COc1ccc([C@@H]2C[C@H](C(=O)Nc3ccc(F)c(Cl)c3)N(C)S(=O)(=O)N2)cc1.O=C=O. The third-order valence-electron chi connectivity index (χ3n) is 4.58. The number of hydrogen-bond donors (Lipinski definition) is 2. The molecule has 1 amide bonds. The van der Waals surface area contributed by atoms with Gasteiger partial charge >= 0.3 is 6.15 Å². The van der Waals surface area contributed by atoms with Crippen molar-refractivity contribution < 1.29 is 31.9 Å². The molecule has 0 aliphatic carbocycles. The van der Waals surface area contributed by atoms with E-state index < -0.39 is 34.0 Å². The molecule has 1 fully saturated rings. The molecule has 1 aliphatic heterocycles. The van der Waals surface area contributed by atoms with Crippen LogP contribution in [0.1, 0.15) is 18.0 Å². The molecule has 2 aromatic rings. The van der Waals surface area contributed by atoms with Gasteiger partial charge in [-0.2, -0.15) is 27.0 Å². The molecular weight excluding hydrogens is 453 g/mol. The van der Waals surface area contributed by atoms with Crippen LogP contribution in [0.2, 0.25) is 5.02 Å². The van der Waals surface area contributed by atoms with Gasteiger partial charge in [0.25, 0.3) is 10.2 Å². The monoisotopic (exact) mass is 471 g/mol. The maximum absolute atomic E-state index is 13.3. The van der Waals surface area contributed by atoms with Crippen LogP contribution >= 0.6 is 11.6 Å². The summed E-state index contributed by atoms with van der Waals surface area (Å²) in [5, 5.41) is 2.46. The molecule has 9 nitrogen and oxygen atoms in total. The van der Waals surface area contributed by atoms with Crippen LogP contribution in [0.4, 0.5) is 10.1 Å². The highest BCUT2D eigenvalue weighted by Gasteiger charge is 2.40. The minimum absolute atomic E-state index is 0.139. The highest BCUT2D eigenvalue weighted by atomic mass is 35.5. The summed E-state index contributed by atoms with van der Waals surface area (Å²) in [6.45, 7) is 0. The number of carbonyl (C=O) groups excluding carboxylic acids is 3. The van der Waals surface area contributed by atoms with Gasteiger partial charge in [-0.1, -0.05) is 23.7 Å². The predicted octanol–water partition coefficient (Wildman–Crippen LogP) is 2.12. The fourth-order valence-corrected chi connectivity index (χ4v) is 4.42. The van der Waals surface area contributed by atoms with Gasteiger partial charge in [0.2, 0.25) is 5.91 Å². The Hall–Kier alpha value is -2.82. The van der Waals surface area contributed by atoms with Gasteiger partial charge in [0.05, 0.1) is 12.1 Å². The molecule has 31 heavy (non-hydrogen) atoms. The highest BCUT2D eigenvalue weighted by molar-refractivity contribution is 7.87. The number of ether oxygens (including phenoxy) is 1. The number of nitrogens with zero attached hydrogens (tertiary/aromatic N) is 1. The smallest absolute Gasteiger partial charge is 0.373 e. The third-order valence-corrected chi connectivity index (χ3v) is 6.46. The second kappa shape index (κ2) is 10.5. The molecule has 2 N–H and O–H groups in total. The van der Waals surface area contributed by atoms with Gasteiger partial charge in [-0.15, -0.1) is 0 Å². The molecule has 1 saturated heterocycles. The number of nitrogens with one attached hydrogen (secondary N) is 2. The van der Waals surface area contributed by atoms with Crippen molar-refractivity contribution in [1.82, 2.24) is 9.03 Å². The van der Waals surface area contributed by atoms with E-state index in [4.69, 9.17) is 25.9 Å². The van der Waals surface area contributed by atoms with Gasteiger partial charge < -0.3 is 10.1 Å². The number of halogens is 2. The zero-order valence-corrected chi connectivity index (χ0v) is 18.0. The lowest BCUT2D eigenvalue weighted by molar-refractivity contribution is -0.191. The number of anilines is 1. The van der Waals surface area contributed by atoms with Crippen LogP contribution in [0, 0.1) is 5.82 Å². The van der Waals surface area contributed by atoms with Crippen molar-refractivity contribution in [3.05, 3.63) is 58.9 Å². The highest BCUT2D eigenvalue weighted by Crippen LogP contribution is 2.29. The third kappa shape index (κ3) is 6.09. The Morgan fingerprint density at radius 2 is 1.87 bits per heavy atom. The van der Waals surface area contributed by atoms with E-state index in [1.165, 1.54) is 26.3 Å². The molecular formula is C19H19ClFN3O6S. The van der Waals surface area contributed by atoms with Crippen LogP contribution in [0.15, 0.2) is 42.5 Å².